The van der Waals surface area contributed by atoms with Crippen LogP contribution in [0.15, 0.2) is 30.4 Å². The fourth-order valence-corrected chi connectivity index (χ4v) is 1.06. The van der Waals surface area contributed by atoms with Crippen LogP contribution >= 0.6 is 0 Å². The molecule has 0 radical (unpaired) electrons. The fraction of sp³-hybridized carbons (Fsp3) is 0.364. The van der Waals surface area contributed by atoms with Crippen LogP contribution in [0.5, 0.6) is 0 Å². The quantitative estimate of drug-likeness (QED) is 0.556. The molecule has 1 aromatic heterocycles. The summed E-state index contributed by atoms with van der Waals surface area (Å²) in [6.07, 6.45) is 7.26. The number of aliphatic hydroxyl groups excluding tert-OH is 1. The molecule has 0 aliphatic heterocycles. The number of aliphatic hydroxyl groups is 1. The molecule has 1 rings (SSSR count). The molecule has 0 aliphatic rings. The number of hydrogen-bond acceptors (Lipinski definition) is 3. The van der Waals surface area contributed by atoms with Crippen molar-refractivity contribution in [1.82, 2.24) is 10.3 Å². The Bertz CT molecular complexity index is 283. The van der Waals surface area contributed by atoms with E-state index in [0.29, 0.717) is 0 Å². The Morgan fingerprint density at radius 2 is 2.50 bits per heavy atom. The largest absolute Gasteiger partial charge is 0.495 e. The van der Waals surface area contributed by atoms with Crippen LogP contribution in [-0.2, 0) is 0 Å². The number of hydrogen-bond donors (Lipinski definition) is 2. The van der Waals surface area contributed by atoms with E-state index in [0.717, 1.165) is 24.9 Å². The SMILES string of the molecule is CCCCNC(O)=Cc1cccnc1. The molecule has 0 aromatic carbocycles. The Hall–Kier alpha value is -1.51. The molecule has 2 N–H and O–H groups in total. The zero-order valence-corrected chi connectivity index (χ0v) is 8.40. The molecule has 0 saturated heterocycles. The van der Waals surface area contributed by atoms with E-state index in [-0.39, 0.29) is 5.88 Å². The Kier molecular flexibility index (Phi) is 4.55. The summed E-state index contributed by atoms with van der Waals surface area (Å²) in [5.74, 6) is 0.200. The summed E-state index contributed by atoms with van der Waals surface area (Å²) in [6, 6.07) is 3.73. The zero-order chi connectivity index (χ0) is 10.2. The topological polar surface area (TPSA) is 45.1 Å². The highest BCUT2D eigenvalue weighted by atomic mass is 16.3. The van der Waals surface area contributed by atoms with E-state index in [1.165, 1.54) is 0 Å². The van der Waals surface area contributed by atoms with Crippen LogP contribution < -0.4 is 5.32 Å². The first-order valence-electron chi connectivity index (χ1n) is 4.87. The van der Waals surface area contributed by atoms with Gasteiger partial charge >= 0.3 is 0 Å². The molecule has 0 spiro atoms. The molecule has 0 unspecified atom stereocenters. The van der Waals surface area contributed by atoms with Gasteiger partial charge in [-0.3, -0.25) is 4.98 Å². The van der Waals surface area contributed by atoms with E-state index in [1.54, 1.807) is 18.5 Å². The number of unbranched alkanes of at least 4 members (excludes halogenated alkanes) is 1. The van der Waals surface area contributed by atoms with Crippen molar-refractivity contribution in [2.24, 2.45) is 0 Å². The molecule has 1 aromatic rings. The predicted octanol–water partition coefficient (Wildman–Crippen LogP) is 2.33. The summed E-state index contributed by atoms with van der Waals surface area (Å²) in [7, 11) is 0. The fourth-order valence-electron chi connectivity index (χ4n) is 1.06. The summed E-state index contributed by atoms with van der Waals surface area (Å²) in [4.78, 5) is 3.95. The molecular weight excluding hydrogens is 176 g/mol. The second-order valence-electron chi connectivity index (χ2n) is 3.10. The molecule has 0 saturated carbocycles. The van der Waals surface area contributed by atoms with Crippen LogP contribution in [0.25, 0.3) is 6.08 Å². The Morgan fingerprint density at radius 3 is 3.14 bits per heavy atom. The predicted molar refractivity (Wildman–Crippen MR) is 57.8 cm³/mol. The van der Waals surface area contributed by atoms with E-state index < -0.39 is 0 Å². The van der Waals surface area contributed by atoms with Crippen LogP contribution in [0.4, 0.5) is 0 Å². The minimum absolute atomic E-state index is 0.200. The Balaban J connectivity index is 2.43. The van der Waals surface area contributed by atoms with Gasteiger partial charge in [0.2, 0.25) is 0 Å². The molecule has 1 heterocycles. The summed E-state index contributed by atoms with van der Waals surface area (Å²) in [5.41, 5.74) is 0.897. The van der Waals surface area contributed by atoms with Gasteiger partial charge in [-0.1, -0.05) is 19.4 Å². The van der Waals surface area contributed by atoms with Crippen LogP contribution in [0.3, 0.4) is 0 Å². The second-order valence-corrected chi connectivity index (χ2v) is 3.10. The molecule has 0 aliphatic carbocycles. The van der Waals surface area contributed by atoms with E-state index in [2.05, 4.69) is 17.2 Å². The first-order chi connectivity index (χ1) is 6.83. The van der Waals surface area contributed by atoms with Crippen molar-refractivity contribution in [3.63, 3.8) is 0 Å². The number of rotatable bonds is 5. The van der Waals surface area contributed by atoms with Crippen molar-refractivity contribution in [3.05, 3.63) is 36.0 Å². The summed E-state index contributed by atoms with van der Waals surface area (Å²) >= 11 is 0. The van der Waals surface area contributed by atoms with Gasteiger partial charge in [-0.05, 0) is 18.1 Å². The van der Waals surface area contributed by atoms with Gasteiger partial charge in [-0.25, -0.2) is 0 Å². The number of nitrogens with one attached hydrogen (secondary N) is 1. The average molecular weight is 192 g/mol. The highest BCUT2D eigenvalue weighted by Gasteiger charge is 1.92. The standard InChI is InChI=1S/C11H16N2O/c1-2-3-7-13-11(14)8-10-5-4-6-12-9-10/h4-6,8-9,13-14H,2-3,7H2,1H3. The van der Waals surface area contributed by atoms with Crippen molar-refractivity contribution in [1.29, 1.82) is 0 Å². The van der Waals surface area contributed by atoms with Crippen LogP contribution in [0.1, 0.15) is 25.3 Å². The third-order valence-corrected chi connectivity index (χ3v) is 1.82. The maximum Gasteiger partial charge on any atom is 0.184 e. The Morgan fingerprint density at radius 1 is 1.64 bits per heavy atom. The van der Waals surface area contributed by atoms with Gasteiger partial charge in [-0.15, -0.1) is 0 Å². The van der Waals surface area contributed by atoms with Crippen molar-refractivity contribution >= 4 is 6.08 Å². The van der Waals surface area contributed by atoms with Gasteiger partial charge in [0.05, 0.1) is 0 Å². The van der Waals surface area contributed by atoms with Gasteiger partial charge in [0.1, 0.15) is 0 Å². The highest BCUT2D eigenvalue weighted by molar-refractivity contribution is 5.48. The highest BCUT2D eigenvalue weighted by Crippen LogP contribution is 2.00. The molecule has 14 heavy (non-hydrogen) atoms. The van der Waals surface area contributed by atoms with E-state index in [4.69, 9.17) is 0 Å². The van der Waals surface area contributed by atoms with E-state index in [9.17, 15) is 5.11 Å². The molecule has 76 valence electrons. The minimum atomic E-state index is 0.200. The van der Waals surface area contributed by atoms with Crippen LogP contribution in [0, 0.1) is 0 Å². The lowest BCUT2D eigenvalue weighted by molar-refractivity contribution is 0.368. The average Bonchev–Trinajstić information content (AvgIpc) is 2.20. The summed E-state index contributed by atoms with van der Waals surface area (Å²) in [5, 5.41) is 12.4. The summed E-state index contributed by atoms with van der Waals surface area (Å²) in [6.45, 7) is 2.92. The second kappa shape index (κ2) is 6.02. The van der Waals surface area contributed by atoms with Gasteiger partial charge in [0.25, 0.3) is 0 Å². The molecule has 0 fully saturated rings. The smallest absolute Gasteiger partial charge is 0.184 e. The molecular formula is C11H16N2O. The number of aromatic nitrogens is 1. The summed E-state index contributed by atoms with van der Waals surface area (Å²) < 4.78 is 0. The normalized spacial score (nSPS) is 11.4. The molecule has 3 nitrogen and oxygen atoms in total. The Labute approximate surface area is 84.5 Å². The lowest BCUT2D eigenvalue weighted by Gasteiger charge is -2.03. The van der Waals surface area contributed by atoms with E-state index in [1.807, 2.05) is 12.1 Å². The van der Waals surface area contributed by atoms with Crippen LogP contribution in [0.2, 0.25) is 0 Å². The third-order valence-electron chi connectivity index (χ3n) is 1.82. The maximum atomic E-state index is 9.45. The lowest BCUT2D eigenvalue weighted by atomic mass is 10.3. The first kappa shape index (κ1) is 10.6. The van der Waals surface area contributed by atoms with E-state index >= 15 is 0 Å². The number of nitrogens with zero attached hydrogens (tertiary/aromatic N) is 1. The molecule has 0 bridgehead atoms. The zero-order valence-electron chi connectivity index (χ0n) is 8.40. The van der Waals surface area contributed by atoms with Crippen molar-refractivity contribution in [2.45, 2.75) is 19.8 Å². The van der Waals surface area contributed by atoms with Gasteiger partial charge in [-0.2, -0.15) is 0 Å². The maximum absolute atomic E-state index is 9.45. The van der Waals surface area contributed by atoms with Gasteiger partial charge in [0.15, 0.2) is 5.88 Å². The molecule has 0 atom stereocenters. The van der Waals surface area contributed by atoms with Gasteiger partial charge < -0.3 is 10.4 Å². The van der Waals surface area contributed by atoms with Crippen LogP contribution in [-0.4, -0.2) is 16.6 Å². The first-order valence-corrected chi connectivity index (χ1v) is 4.87. The molecule has 0 amide bonds. The van der Waals surface area contributed by atoms with Gasteiger partial charge in [0, 0.05) is 25.0 Å². The van der Waals surface area contributed by atoms with Crippen molar-refractivity contribution < 1.29 is 5.11 Å². The minimum Gasteiger partial charge on any atom is -0.495 e. The molecule has 3 heteroatoms. The monoisotopic (exact) mass is 192 g/mol. The number of pyridine rings is 1. The third kappa shape index (κ3) is 3.94. The van der Waals surface area contributed by atoms with Crippen molar-refractivity contribution in [2.75, 3.05) is 6.54 Å². The lowest BCUT2D eigenvalue weighted by Crippen LogP contribution is -2.13. The van der Waals surface area contributed by atoms with Crippen molar-refractivity contribution in [3.8, 4) is 0 Å².